The van der Waals surface area contributed by atoms with Crippen LogP contribution in [0.3, 0.4) is 0 Å². The van der Waals surface area contributed by atoms with E-state index in [1.807, 2.05) is 13.0 Å². The van der Waals surface area contributed by atoms with E-state index in [1.54, 1.807) is 4.52 Å². The van der Waals surface area contributed by atoms with E-state index >= 15 is 0 Å². The van der Waals surface area contributed by atoms with Crippen molar-refractivity contribution in [3.8, 4) is 0 Å². The van der Waals surface area contributed by atoms with Crippen LogP contribution in [-0.2, 0) is 4.79 Å². The molecule has 3 rings (SSSR count). The number of aromatic nitrogens is 4. The molecule has 1 aliphatic carbocycles. The minimum atomic E-state index is -0.679. The summed E-state index contributed by atoms with van der Waals surface area (Å²) in [6.07, 6.45) is 4.63. The maximum absolute atomic E-state index is 11.0. The molecule has 2 heterocycles. The van der Waals surface area contributed by atoms with Gasteiger partial charge in [0.1, 0.15) is 12.1 Å². The molecule has 0 spiro atoms. The third kappa shape index (κ3) is 2.43. The molecular weight excluding hydrogens is 258 g/mol. The van der Waals surface area contributed by atoms with Crippen LogP contribution in [-0.4, -0.2) is 36.7 Å². The van der Waals surface area contributed by atoms with Crippen LogP contribution in [0.5, 0.6) is 0 Å². The van der Waals surface area contributed by atoms with Gasteiger partial charge in [-0.15, -0.1) is 0 Å². The summed E-state index contributed by atoms with van der Waals surface area (Å²) in [5.41, 5.74) is 0.882. The largest absolute Gasteiger partial charge is 0.481 e. The van der Waals surface area contributed by atoms with Crippen LogP contribution < -0.4 is 5.32 Å². The second-order valence-electron chi connectivity index (χ2n) is 5.29. The summed E-state index contributed by atoms with van der Waals surface area (Å²) in [6, 6.07) is 2.21. The number of carboxylic acids is 1. The van der Waals surface area contributed by atoms with Gasteiger partial charge in [-0.05, 0) is 32.6 Å². The number of aliphatic carboxylic acids is 1. The third-order valence-electron chi connectivity index (χ3n) is 3.81. The highest BCUT2D eigenvalue weighted by Crippen LogP contribution is 2.26. The number of anilines is 1. The molecule has 20 heavy (non-hydrogen) atoms. The van der Waals surface area contributed by atoms with Gasteiger partial charge in [-0.3, -0.25) is 4.79 Å². The van der Waals surface area contributed by atoms with Crippen molar-refractivity contribution < 1.29 is 9.90 Å². The zero-order valence-electron chi connectivity index (χ0n) is 11.3. The lowest BCUT2D eigenvalue weighted by Gasteiger charge is -2.27. The van der Waals surface area contributed by atoms with Crippen molar-refractivity contribution in [2.75, 3.05) is 5.32 Å². The van der Waals surface area contributed by atoms with Gasteiger partial charge < -0.3 is 10.4 Å². The average molecular weight is 275 g/mol. The lowest BCUT2D eigenvalue weighted by molar-refractivity contribution is -0.142. The SMILES string of the molecule is Cc1cc(NC2CCC(C(=O)O)CC2)n2ncnc2n1. The highest BCUT2D eigenvalue weighted by molar-refractivity contribution is 5.70. The molecule has 0 saturated heterocycles. The second-order valence-corrected chi connectivity index (χ2v) is 5.29. The van der Waals surface area contributed by atoms with Gasteiger partial charge in [0.25, 0.3) is 5.78 Å². The van der Waals surface area contributed by atoms with E-state index in [1.165, 1.54) is 6.33 Å². The molecule has 0 amide bonds. The van der Waals surface area contributed by atoms with Crippen molar-refractivity contribution in [1.82, 2.24) is 19.6 Å². The standard InChI is InChI=1S/C13H17N5O2/c1-8-6-11(18-13(16-8)14-7-15-18)17-10-4-2-9(3-5-10)12(19)20/h6-7,9-10,17H,2-5H2,1H3,(H,19,20). The molecule has 7 heteroatoms. The summed E-state index contributed by atoms with van der Waals surface area (Å²) >= 11 is 0. The number of nitrogens with one attached hydrogen (secondary N) is 1. The van der Waals surface area contributed by atoms with Crippen molar-refractivity contribution in [3.63, 3.8) is 0 Å². The number of fused-ring (bicyclic) bond motifs is 1. The summed E-state index contributed by atoms with van der Waals surface area (Å²) in [7, 11) is 0. The molecule has 106 valence electrons. The number of carboxylic acid groups (broad SMARTS) is 1. The van der Waals surface area contributed by atoms with Crippen LogP contribution in [0.4, 0.5) is 5.82 Å². The number of hydrogen-bond acceptors (Lipinski definition) is 5. The Kier molecular flexibility index (Phi) is 3.25. The van der Waals surface area contributed by atoms with Crippen LogP contribution in [0.2, 0.25) is 0 Å². The van der Waals surface area contributed by atoms with Crippen molar-refractivity contribution in [1.29, 1.82) is 0 Å². The summed E-state index contributed by atoms with van der Waals surface area (Å²) in [4.78, 5) is 19.3. The molecule has 0 bridgehead atoms. The Balaban J connectivity index is 1.74. The smallest absolute Gasteiger partial charge is 0.306 e. The maximum atomic E-state index is 11.0. The van der Waals surface area contributed by atoms with Gasteiger partial charge >= 0.3 is 5.97 Å². The molecule has 0 aliphatic heterocycles. The zero-order chi connectivity index (χ0) is 14.1. The fraction of sp³-hybridized carbons (Fsp3) is 0.538. The first-order valence-corrected chi connectivity index (χ1v) is 6.80. The Morgan fingerprint density at radius 1 is 1.40 bits per heavy atom. The van der Waals surface area contributed by atoms with E-state index in [-0.39, 0.29) is 12.0 Å². The van der Waals surface area contributed by atoms with E-state index in [0.29, 0.717) is 5.78 Å². The Morgan fingerprint density at radius 3 is 2.85 bits per heavy atom. The molecule has 2 aromatic heterocycles. The third-order valence-corrected chi connectivity index (χ3v) is 3.81. The molecule has 2 aromatic rings. The Morgan fingerprint density at radius 2 is 2.15 bits per heavy atom. The Hall–Kier alpha value is -2.18. The maximum Gasteiger partial charge on any atom is 0.306 e. The summed E-state index contributed by atoms with van der Waals surface area (Å²) < 4.78 is 1.68. The van der Waals surface area contributed by atoms with Gasteiger partial charge in [-0.1, -0.05) is 0 Å². The van der Waals surface area contributed by atoms with E-state index in [9.17, 15) is 4.79 Å². The number of aryl methyl sites for hydroxylation is 1. The van der Waals surface area contributed by atoms with Gasteiger partial charge in [-0.25, -0.2) is 4.98 Å². The van der Waals surface area contributed by atoms with Gasteiger partial charge in [-0.2, -0.15) is 14.6 Å². The minimum absolute atomic E-state index is 0.196. The topological polar surface area (TPSA) is 92.4 Å². The average Bonchev–Trinajstić information content (AvgIpc) is 2.87. The zero-order valence-corrected chi connectivity index (χ0v) is 11.3. The molecule has 1 aliphatic rings. The molecular formula is C13H17N5O2. The van der Waals surface area contributed by atoms with E-state index in [0.717, 1.165) is 37.2 Å². The summed E-state index contributed by atoms with van der Waals surface area (Å²) in [5.74, 6) is 0.566. The van der Waals surface area contributed by atoms with Gasteiger partial charge in [0.15, 0.2) is 0 Å². The molecule has 1 saturated carbocycles. The van der Waals surface area contributed by atoms with Gasteiger partial charge in [0, 0.05) is 17.8 Å². The molecule has 0 unspecified atom stereocenters. The lowest BCUT2D eigenvalue weighted by Crippen LogP contribution is -2.30. The van der Waals surface area contributed by atoms with Crippen LogP contribution >= 0.6 is 0 Å². The number of carbonyl (C=O) groups is 1. The van der Waals surface area contributed by atoms with E-state index in [4.69, 9.17) is 5.11 Å². The minimum Gasteiger partial charge on any atom is -0.481 e. The van der Waals surface area contributed by atoms with Crippen LogP contribution in [0, 0.1) is 12.8 Å². The van der Waals surface area contributed by atoms with Crippen molar-refractivity contribution in [2.24, 2.45) is 5.92 Å². The normalized spacial score (nSPS) is 22.9. The number of hydrogen-bond donors (Lipinski definition) is 2. The first-order valence-electron chi connectivity index (χ1n) is 6.80. The van der Waals surface area contributed by atoms with E-state index < -0.39 is 5.97 Å². The monoisotopic (exact) mass is 275 g/mol. The van der Waals surface area contributed by atoms with Gasteiger partial charge in [0.2, 0.25) is 0 Å². The Bertz CT molecular complexity index is 631. The fourth-order valence-corrected chi connectivity index (χ4v) is 2.73. The highest BCUT2D eigenvalue weighted by atomic mass is 16.4. The van der Waals surface area contributed by atoms with Crippen molar-refractivity contribution in [3.05, 3.63) is 18.1 Å². The quantitative estimate of drug-likeness (QED) is 0.881. The first-order chi connectivity index (χ1) is 9.63. The van der Waals surface area contributed by atoms with Crippen LogP contribution in [0.1, 0.15) is 31.4 Å². The molecule has 2 N–H and O–H groups in total. The number of rotatable bonds is 3. The van der Waals surface area contributed by atoms with Crippen LogP contribution in [0.25, 0.3) is 5.78 Å². The summed E-state index contributed by atoms with van der Waals surface area (Å²) in [5, 5.41) is 16.6. The van der Waals surface area contributed by atoms with E-state index in [2.05, 4.69) is 20.4 Å². The lowest BCUT2D eigenvalue weighted by atomic mass is 9.86. The molecule has 0 aromatic carbocycles. The highest BCUT2D eigenvalue weighted by Gasteiger charge is 2.26. The first kappa shape index (κ1) is 12.8. The number of nitrogens with zero attached hydrogens (tertiary/aromatic N) is 4. The predicted molar refractivity (Wildman–Crippen MR) is 72.5 cm³/mol. The van der Waals surface area contributed by atoms with Crippen LogP contribution in [0.15, 0.2) is 12.4 Å². The molecule has 0 radical (unpaired) electrons. The molecule has 0 atom stereocenters. The van der Waals surface area contributed by atoms with Crippen molar-refractivity contribution in [2.45, 2.75) is 38.6 Å². The summed E-state index contributed by atoms with van der Waals surface area (Å²) in [6.45, 7) is 1.92. The Labute approximate surface area is 116 Å². The molecule has 1 fully saturated rings. The molecule has 7 nitrogen and oxygen atoms in total. The van der Waals surface area contributed by atoms with Crippen molar-refractivity contribution >= 4 is 17.6 Å². The second kappa shape index (κ2) is 5.07. The predicted octanol–water partition coefficient (Wildman–Crippen LogP) is 1.49. The fourth-order valence-electron chi connectivity index (χ4n) is 2.73. The van der Waals surface area contributed by atoms with Gasteiger partial charge in [0.05, 0.1) is 5.92 Å².